The van der Waals surface area contributed by atoms with Crippen molar-refractivity contribution in [2.24, 2.45) is 0 Å². The van der Waals surface area contributed by atoms with Gasteiger partial charge in [0, 0.05) is 9.50 Å². The molecule has 2 aromatic carbocycles. The third-order valence-corrected chi connectivity index (χ3v) is 4.27. The summed E-state index contributed by atoms with van der Waals surface area (Å²) in [4.78, 5) is 12.4. The second-order valence-corrected chi connectivity index (χ2v) is 6.25. The highest BCUT2D eigenvalue weighted by Crippen LogP contribution is 2.36. The lowest BCUT2D eigenvalue weighted by atomic mass is 10.1. The molecule has 1 aliphatic rings. The van der Waals surface area contributed by atoms with Crippen molar-refractivity contribution in [3.8, 4) is 11.5 Å². The smallest absolute Gasteiger partial charge is 0.256 e. The Kier molecular flexibility index (Phi) is 4.47. The summed E-state index contributed by atoms with van der Waals surface area (Å²) in [5, 5.41) is 3.63. The summed E-state index contributed by atoms with van der Waals surface area (Å²) in [6, 6.07) is 8.21. The molecule has 4 nitrogen and oxygen atoms in total. The zero-order valence-corrected chi connectivity index (χ0v) is 14.3. The van der Waals surface area contributed by atoms with Crippen molar-refractivity contribution in [2.45, 2.75) is 0 Å². The van der Waals surface area contributed by atoms with Crippen molar-refractivity contribution in [3.05, 3.63) is 50.4 Å². The predicted molar refractivity (Wildman–Crippen MR) is 89.5 cm³/mol. The molecule has 1 aliphatic heterocycles. The highest BCUT2D eigenvalue weighted by Gasteiger charge is 2.19. The van der Waals surface area contributed by atoms with Gasteiger partial charge in [0.2, 0.25) is 0 Å². The van der Waals surface area contributed by atoms with E-state index in [-0.39, 0.29) is 5.91 Å². The van der Waals surface area contributed by atoms with Crippen molar-refractivity contribution >= 4 is 50.7 Å². The highest BCUT2D eigenvalue weighted by atomic mass is 79.9. The Morgan fingerprint density at radius 2 is 1.77 bits per heavy atom. The van der Waals surface area contributed by atoms with Crippen molar-refractivity contribution in [3.63, 3.8) is 0 Å². The molecule has 0 bridgehead atoms. The molecule has 0 unspecified atom stereocenters. The largest absolute Gasteiger partial charge is 0.486 e. The van der Waals surface area contributed by atoms with Crippen LogP contribution in [0.3, 0.4) is 0 Å². The molecule has 114 valence electrons. The van der Waals surface area contributed by atoms with Crippen LogP contribution in [0.25, 0.3) is 0 Å². The first kappa shape index (κ1) is 15.5. The summed E-state index contributed by atoms with van der Waals surface area (Å²) in [7, 11) is 0. The Hall–Kier alpha value is -1.43. The number of hydrogen-bond donors (Lipinski definition) is 1. The van der Waals surface area contributed by atoms with Gasteiger partial charge in [0.25, 0.3) is 5.91 Å². The van der Waals surface area contributed by atoms with Crippen LogP contribution in [-0.2, 0) is 0 Å². The molecule has 0 spiro atoms. The molecule has 7 heteroatoms. The number of rotatable bonds is 2. The molecule has 0 radical (unpaired) electrons. The summed E-state index contributed by atoms with van der Waals surface area (Å²) < 4.78 is 11.6. The second-order valence-electron chi connectivity index (χ2n) is 4.55. The molecular formula is C15H10BrCl2NO3. The number of benzene rings is 2. The maximum absolute atomic E-state index is 12.4. The number of carbonyl (C=O) groups excluding carboxylic acids is 1. The minimum atomic E-state index is -0.326. The van der Waals surface area contributed by atoms with E-state index in [1.54, 1.807) is 30.3 Å². The van der Waals surface area contributed by atoms with Crippen molar-refractivity contribution in [2.75, 3.05) is 18.5 Å². The lowest BCUT2D eigenvalue weighted by Gasteiger charge is -2.19. The van der Waals surface area contributed by atoms with Gasteiger partial charge in [-0.15, -0.1) is 0 Å². The first-order chi connectivity index (χ1) is 10.5. The van der Waals surface area contributed by atoms with Gasteiger partial charge >= 0.3 is 0 Å². The minimum absolute atomic E-state index is 0.326. The zero-order chi connectivity index (χ0) is 15.7. The van der Waals surface area contributed by atoms with E-state index in [4.69, 9.17) is 32.7 Å². The first-order valence-electron chi connectivity index (χ1n) is 6.40. The summed E-state index contributed by atoms with van der Waals surface area (Å²) >= 11 is 15.3. The van der Waals surface area contributed by atoms with E-state index >= 15 is 0 Å². The van der Waals surface area contributed by atoms with Crippen LogP contribution >= 0.6 is 39.1 Å². The number of fused-ring (bicyclic) bond motifs is 1. The number of amides is 1. The summed E-state index contributed by atoms with van der Waals surface area (Å²) in [5.41, 5.74) is 0.862. The lowest BCUT2D eigenvalue weighted by molar-refractivity contribution is 0.102. The van der Waals surface area contributed by atoms with Crippen LogP contribution in [-0.4, -0.2) is 19.1 Å². The van der Waals surface area contributed by atoms with E-state index in [0.29, 0.717) is 50.5 Å². The fraction of sp³-hybridized carbons (Fsp3) is 0.133. The van der Waals surface area contributed by atoms with Gasteiger partial charge in [-0.25, -0.2) is 0 Å². The molecule has 1 heterocycles. The van der Waals surface area contributed by atoms with Crippen molar-refractivity contribution < 1.29 is 14.3 Å². The van der Waals surface area contributed by atoms with Gasteiger partial charge in [0.1, 0.15) is 13.2 Å². The predicted octanol–water partition coefficient (Wildman–Crippen LogP) is 4.78. The van der Waals surface area contributed by atoms with E-state index in [9.17, 15) is 4.79 Å². The van der Waals surface area contributed by atoms with Crippen LogP contribution in [0, 0.1) is 0 Å². The summed E-state index contributed by atoms with van der Waals surface area (Å²) in [6.07, 6.45) is 0. The highest BCUT2D eigenvalue weighted by molar-refractivity contribution is 9.10. The van der Waals surface area contributed by atoms with E-state index in [1.165, 1.54) is 0 Å². The summed E-state index contributed by atoms with van der Waals surface area (Å²) in [6.45, 7) is 0.943. The fourth-order valence-corrected chi connectivity index (χ4v) is 2.86. The Labute approximate surface area is 145 Å². The molecule has 2 aromatic rings. The Bertz CT molecular complexity index is 752. The molecule has 0 fully saturated rings. The standard InChI is InChI=1S/C15H10BrCl2NO3/c16-10-7-14-13(21-3-4-22-14)6-9(10)15(20)19-12-5-8(17)1-2-11(12)18/h1-2,5-7H,3-4H2,(H,19,20). The van der Waals surface area contributed by atoms with Gasteiger partial charge < -0.3 is 14.8 Å². The third kappa shape index (κ3) is 3.16. The third-order valence-electron chi connectivity index (χ3n) is 3.05. The minimum Gasteiger partial charge on any atom is -0.486 e. The lowest BCUT2D eigenvalue weighted by Crippen LogP contribution is -2.18. The van der Waals surface area contributed by atoms with E-state index < -0.39 is 0 Å². The quantitative estimate of drug-likeness (QED) is 0.786. The van der Waals surface area contributed by atoms with E-state index in [2.05, 4.69) is 21.2 Å². The Morgan fingerprint density at radius 3 is 2.50 bits per heavy atom. The van der Waals surface area contributed by atoms with E-state index in [1.807, 2.05) is 0 Å². The van der Waals surface area contributed by atoms with Crippen LogP contribution in [0.5, 0.6) is 11.5 Å². The molecule has 0 aliphatic carbocycles. The van der Waals surface area contributed by atoms with Crippen LogP contribution in [0.4, 0.5) is 5.69 Å². The van der Waals surface area contributed by atoms with Gasteiger partial charge in [-0.05, 0) is 46.3 Å². The molecule has 22 heavy (non-hydrogen) atoms. The number of carbonyl (C=O) groups is 1. The molecule has 0 atom stereocenters. The number of nitrogens with one attached hydrogen (secondary N) is 1. The van der Waals surface area contributed by atoms with Gasteiger partial charge in [-0.2, -0.15) is 0 Å². The fourth-order valence-electron chi connectivity index (χ4n) is 2.02. The number of halogens is 3. The van der Waals surface area contributed by atoms with Crippen molar-refractivity contribution in [1.29, 1.82) is 0 Å². The molecule has 3 rings (SSSR count). The average molecular weight is 403 g/mol. The molecule has 0 aromatic heterocycles. The van der Waals surface area contributed by atoms with Crippen LogP contribution in [0.15, 0.2) is 34.8 Å². The number of hydrogen-bond acceptors (Lipinski definition) is 3. The topological polar surface area (TPSA) is 47.6 Å². The zero-order valence-electron chi connectivity index (χ0n) is 11.2. The van der Waals surface area contributed by atoms with E-state index in [0.717, 1.165) is 0 Å². The van der Waals surface area contributed by atoms with Crippen molar-refractivity contribution in [1.82, 2.24) is 0 Å². The molecule has 1 N–H and O–H groups in total. The van der Waals surface area contributed by atoms with Gasteiger partial charge in [-0.1, -0.05) is 23.2 Å². The monoisotopic (exact) mass is 401 g/mol. The Morgan fingerprint density at radius 1 is 1.09 bits per heavy atom. The molecule has 0 saturated carbocycles. The van der Waals surface area contributed by atoms with Crippen LogP contribution in [0.1, 0.15) is 10.4 Å². The normalized spacial score (nSPS) is 12.9. The maximum Gasteiger partial charge on any atom is 0.256 e. The second kappa shape index (κ2) is 6.36. The average Bonchev–Trinajstić information content (AvgIpc) is 2.50. The molecule has 0 saturated heterocycles. The maximum atomic E-state index is 12.4. The molecular weight excluding hydrogens is 393 g/mol. The summed E-state index contributed by atoms with van der Waals surface area (Å²) in [5.74, 6) is 0.820. The SMILES string of the molecule is O=C(Nc1cc(Cl)ccc1Cl)c1cc2c(cc1Br)OCCO2. The van der Waals surface area contributed by atoms with Crippen LogP contribution in [0.2, 0.25) is 10.0 Å². The number of anilines is 1. The van der Waals surface area contributed by atoms with Gasteiger partial charge in [-0.3, -0.25) is 4.79 Å². The van der Waals surface area contributed by atoms with Gasteiger partial charge in [0.05, 0.1) is 16.3 Å². The first-order valence-corrected chi connectivity index (χ1v) is 7.95. The van der Waals surface area contributed by atoms with Gasteiger partial charge in [0.15, 0.2) is 11.5 Å². The van der Waals surface area contributed by atoms with Crippen LogP contribution < -0.4 is 14.8 Å². The molecule has 1 amide bonds. The Balaban J connectivity index is 1.90. The number of ether oxygens (including phenoxy) is 2.